The molecule has 3 rings (SSSR count). The highest BCUT2D eigenvalue weighted by atomic mass is 15.3. The molecule has 0 fully saturated rings. The summed E-state index contributed by atoms with van der Waals surface area (Å²) in [6.45, 7) is 8.57. The summed E-state index contributed by atoms with van der Waals surface area (Å²) in [5.74, 6) is 2.59. The van der Waals surface area contributed by atoms with Crippen LogP contribution in [0.3, 0.4) is 0 Å². The molecule has 1 aromatic carbocycles. The number of rotatable bonds is 9. The van der Waals surface area contributed by atoms with Gasteiger partial charge in [0.2, 0.25) is 0 Å². The largest absolute Gasteiger partial charge is 0.361 e. The van der Waals surface area contributed by atoms with Crippen LogP contribution in [0.15, 0.2) is 29.4 Å². The van der Waals surface area contributed by atoms with Gasteiger partial charge in [0, 0.05) is 37.2 Å². The van der Waals surface area contributed by atoms with Crippen LogP contribution in [0.1, 0.15) is 49.5 Å². The summed E-state index contributed by atoms with van der Waals surface area (Å²) in [7, 11) is 1.97. The molecule has 2 aromatic heterocycles. The summed E-state index contributed by atoms with van der Waals surface area (Å²) in [5, 5.41) is 16.5. The monoisotopic (exact) mass is 395 g/mol. The number of guanidine groups is 1. The van der Waals surface area contributed by atoms with E-state index in [4.69, 9.17) is 4.99 Å². The Labute approximate surface area is 173 Å². The van der Waals surface area contributed by atoms with Crippen LogP contribution in [0.4, 0.5) is 0 Å². The summed E-state index contributed by atoms with van der Waals surface area (Å²) in [6.07, 6.45) is 6.37. The predicted molar refractivity (Wildman–Crippen MR) is 119 cm³/mol. The first-order valence-electron chi connectivity index (χ1n) is 10.6. The lowest BCUT2D eigenvalue weighted by Crippen LogP contribution is -2.39. The number of aryl methyl sites for hydroxylation is 2. The molecule has 7 nitrogen and oxygen atoms in total. The molecule has 29 heavy (non-hydrogen) atoms. The van der Waals surface area contributed by atoms with Crippen molar-refractivity contribution in [2.45, 2.75) is 53.0 Å². The van der Waals surface area contributed by atoms with E-state index in [9.17, 15) is 0 Å². The molecule has 0 bridgehead atoms. The van der Waals surface area contributed by atoms with Crippen molar-refractivity contribution in [3.63, 3.8) is 0 Å². The number of nitrogens with zero attached hydrogens (tertiary/aromatic N) is 4. The summed E-state index contributed by atoms with van der Waals surface area (Å²) >= 11 is 0. The molecule has 0 aliphatic rings. The Balaban J connectivity index is 1.63. The third-order valence-corrected chi connectivity index (χ3v) is 5.34. The molecule has 0 amide bonds. The average molecular weight is 396 g/mol. The lowest BCUT2D eigenvalue weighted by molar-refractivity contribution is 0.714. The number of hydrogen-bond acceptors (Lipinski definition) is 3. The minimum absolute atomic E-state index is 0.506. The van der Waals surface area contributed by atoms with Gasteiger partial charge in [0.15, 0.2) is 11.8 Å². The molecule has 0 aliphatic carbocycles. The van der Waals surface area contributed by atoms with Crippen LogP contribution in [-0.2, 0) is 26.4 Å². The minimum Gasteiger partial charge on any atom is -0.361 e. The second-order valence-corrected chi connectivity index (χ2v) is 7.35. The number of para-hydroxylation sites is 1. The van der Waals surface area contributed by atoms with Crippen molar-refractivity contribution in [3.05, 3.63) is 47.2 Å². The van der Waals surface area contributed by atoms with Crippen molar-refractivity contribution >= 4 is 16.9 Å². The molecule has 3 aromatic rings. The first kappa shape index (κ1) is 20.9. The van der Waals surface area contributed by atoms with E-state index in [1.807, 2.05) is 18.5 Å². The van der Waals surface area contributed by atoms with Crippen molar-refractivity contribution < 1.29 is 0 Å². The van der Waals surface area contributed by atoms with Gasteiger partial charge in [0.05, 0.1) is 0 Å². The lowest BCUT2D eigenvalue weighted by atomic mass is 10.1. The number of hydrogen-bond donors (Lipinski definition) is 3. The van der Waals surface area contributed by atoms with Crippen LogP contribution in [-0.4, -0.2) is 38.8 Å². The molecule has 156 valence electrons. The summed E-state index contributed by atoms with van der Waals surface area (Å²) < 4.78 is 1.98. The molecule has 0 radical (unpaired) electrons. The molecule has 0 saturated carbocycles. The smallest absolute Gasteiger partial charge is 0.191 e. The van der Waals surface area contributed by atoms with Crippen molar-refractivity contribution in [1.29, 1.82) is 0 Å². The lowest BCUT2D eigenvalue weighted by Gasteiger charge is -2.12. The van der Waals surface area contributed by atoms with Gasteiger partial charge in [0.1, 0.15) is 12.4 Å². The Morgan fingerprint density at radius 1 is 1.14 bits per heavy atom. The third-order valence-electron chi connectivity index (χ3n) is 5.34. The number of aliphatic imine (C=N–C) groups is 1. The highest BCUT2D eigenvalue weighted by Crippen LogP contribution is 2.22. The minimum atomic E-state index is 0.506. The third kappa shape index (κ3) is 5.16. The number of nitrogens with one attached hydrogen (secondary N) is 3. The fraction of sp³-hybridized carbons (Fsp3) is 0.500. The van der Waals surface area contributed by atoms with Gasteiger partial charge in [-0.1, -0.05) is 38.5 Å². The Morgan fingerprint density at radius 2 is 1.97 bits per heavy atom. The predicted octanol–water partition coefficient (Wildman–Crippen LogP) is 3.25. The van der Waals surface area contributed by atoms with Crippen LogP contribution in [0.5, 0.6) is 0 Å². The van der Waals surface area contributed by atoms with E-state index in [1.165, 1.54) is 22.0 Å². The number of H-pyrrole nitrogens is 1. The Morgan fingerprint density at radius 3 is 2.69 bits per heavy atom. The quantitative estimate of drug-likeness (QED) is 0.295. The van der Waals surface area contributed by atoms with Crippen molar-refractivity contribution in [2.24, 2.45) is 12.0 Å². The first-order chi connectivity index (χ1) is 14.1. The average Bonchev–Trinajstić information content (AvgIpc) is 3.29. The van der Waals surface area contributed by atoms with Gasteiger partial charge in [-0.2, -0.15) is 0 Å². The molecule has 3 N–H and O–H groups in total. The maximum absolute atomic E-state index is 4.71. The molecule has 0 saturated heterocycles. The van der Waals surface area contributed by atoms with Gasteiger partial charge >= 0.3 is 0 Å². The Hall–Kier alpha value is -2.83. The van der Waals surface area contributed by atoms with Gasteiger partial charge in [-0.3, -0.25) is 0 Å². The molecule has 0 spiro atoms. The van der Waals surface area contributed by atoms with E-state index >= 15 is 0 Å². The van der Waals surface area contributed by atoms with Gasteiger partial charge < -0.3 is 20.2 Å². The number of benzene rings is 1. The van der Waals surface area contributed by atoms with Gasteiger partial charge in [-0.15, -0.1) is 10.2 Å². The maximum Gasteiger partial charge on any atom is 0.191 e. The van der Waals surface area contributed by atoms with Crippen LogP contribution in [0.2, 0.25) is 0 Å². The van der Waals surface area contributed by atoms with Crippen molar-refractivity contribution in [2.75, 3.05) is 13.1 Å². The molecule has 7 heteroatoms. The first-order valence-corrected chi connectivity index (χ1v) is 10.6. The number of aromatic nitrogens is 4. The zero-order chi connectivity index (χ0) is 20.6. The SMILES string of the molecule is CCCCNC(=NCc1nnc(C)n1C)NCCc1c[nH]c2c(CC)cccc12. The van der Waals surface area contributed by atoms with Gasteiger partial charge in [-0.25, -0.2) is 4.99 Å². The zero-order valence-corrected chi connectivity index (χ0v) is 18.0. The standard InChI is InChI=1S/C22H33N7/c1-5-7-12-23-22(26-15-20-28-27-16(3)29(20)4)24-13-11-18-14-25-21-17(6-2)9-8-10-19(18)21/h8-10,14,25H,5-7,11-13,15H2,1-4H3,(H2,23,24,26). The second kappa shape index (κ2) is 10.1. The highest BCUT2D eigenvalue weighted by Gasteiger charge is 2.08. The summed E-state index contributed by atoms with van der Waals surface area (Å²) in [6, 6.07) is 6.54. The summed E-state index contributed by atoms with van der Waals surface area (Å²) in [4.78, 5) is 8.16. The molecular weight excluding hydrogens is 362 g/mol. The molecule has 0 aliphatic heterocycles. The topological polar surface area (TPSA) is 82.9 Å². The van der Waals surface area contributed by atoms with Crippen molar-refractivity contribution in [1.82, 2.24) is 30.4 Å². The molecule has 0 unspecified atom stereocenters. The van der Waals surface area contributed by atoms with Crippen LogP contribution in [0, 0.1) is 6.92 Å². The van der Waals surface area contributed by atoms with E-state index < -0.39 is 0 Å². The molecule has 2 heterocycles. The van der Waals surface area contributed by atoms with Crippen LogP contribution < -0.4 is 10.6 Å². The second-order valence-electron chi connectivity index (χ2n) is 7.35. The Kier molecular flexibility index (Phi) is 7.27. The van der Waals surface area contributed by atoms with E-state index in [0.717, 1.165) is 56.4 Å². The van der Waals surface area contributed by atoms with E-state index in [0.29, 0.717) is 6.54 Å². The van der Waals surface area contributed by atoms with Gasteiger partial charge in [0.25, 0.3) is 0 Å². The summed E-state index contributed by atoms with van der Waals surface area (Å²) in [5.41, 5.74) is 3.96. The zero-order valence-electron chi connectivity index (χ0n) is 18.0. The van der Waals surface area contributed by atoms with E-state index in [-0.39, 0.29) is 0 Å². The van der Waals surface area contributed by atoms with Crippen molar-refractivity contribution in [3.8, 4) is 0 Å². The number of aromatic amines is 1. The van der Waals surface area contributed by atoms with Gasteiger partial charge in [-0.05, 0) is 37.3 Å². The Bertz CT molecular complexity index is 951. The fourth-order valence-electron chi connectivity index (χ4n) is 3.39. The molecular formula is C22H33N7. The van der Waals surface area contributed by atoms with E-state index in [2.05, 4.69) is 64.1 Å². The van der Waals surface area contributed by atoms with Crippen LogP contribution in [0.25, 0.3) is 10.9 Å². The maximum atomic E-state index is 4.71. The highest BCUT2D eigenvalue weighted by molar-refractivity contribution is 5.86. The van der Waals surface area contributed by atoms with Crippen LogP contribution >= 0.6 is 0 Å². The normalized spacial score (nSPS) is 11.9. The van der Waals surface area contributed by atoms with E-state index in [1.54, 1.807) is 0 Å². The number of unbranched alkanes of at least 4 members (excludes halogenated alkanes) is 1. The molecule has 0 atom stereocenters. The number of fused-ring (bicyclic) bond motifs is 1. The fourth-order valence-corrected chi connectivity index (χ4v) is 3.39.